The topological polar surface area (TPSA) is 55.6 Å². The number of hydrogen-bond donors (Lipinski definition) is 0. The molecule has 1 saturated heterocycles. The van der Waals surface area contributed by atoms with Gasteiger partial charge in [-0.05, 0) is 41.9 Å². The SMILES string of the molecule is CN1CCC(Oc2ccc([N+](=O)[O-])c(Br)c2)CC1. The smallest absolute Gasteiger partial charge is 0.283 e. The van der Waals surface area contributed by atoms with E-state index in [-0.39, 0.29) is 11.8 Å². The van der Waals surface area contributed by atoms with E-state index in [4.69, 9.17) is 4.74 Å². The number of rotatable bonds is 3. The van der Waals surface area contributed by atoms with Gasteiger partial charge in [0.25, 0.3) is 5.69 Å². The van der Waals surface area contributed by atoms with Crippen molar-refractivity contribution in [2.45, 2.75) is 18.9 Å². The molecule has 1 aliphatic rings. The van der Waals surface area contributed by atoms with Crippen molar-refractivity contribution < 1.29 is 9.66 Å². The summed E-state index contributed by atoms with van der Waals surface area (Å²) in [5, 5.41) is 10.7. The Morgan fingerprint density at radius 3 is 2.67 bits per heavy atom. The van der Waals surface area contributed by atoms with Gasteiger partial charge in [0.05, 0.1) is 9.40 Å². The second kappa shape index (κ2) is 5.67. The lowest BCUT2D eigenvalue weighted by atomic mass is 10.1. The second-order valence-corrected chi connectivity index (χ2v) is 5.35. The van der Waals surface area contributed by atoms with Gasteiger partial charge in [0.15, 0.2) is 0 Å². The Hall–Kier alpha value is -1.14. The molecule has 1 aromatic carbocycles. The van der Waals surface area contributed by atoms with Crippen LogP contribution in [0.4, 0.5) is 5.69 Å². The Morgan fingerprint density at radius 1 is 1.44 bits per heavy atom. The van der Waals surface area contributed by atoms with Crippen molar-refractivity contribution >= 4 is 21.6 Å². The van der Waals surface area contributed by atoms with Gasteiger partial charge in [-0.25, -0.2) is 0 Å². The minimum Gasteiger partial charge on any atom is -0.490 e. The molecule has 5 nitrogen and oxygen atoms in total. The van der Waals surface area contributed by atoms with Gasteiger partial charge in [0.1, 0.15) is 11.9 Å². The van der Waals surface area contributed by atoms with Gasteiger partial charge < -0.3 is 9.64 Å². The van der Waals surface area contributed by atoms with Crippen molar-refractivity contribution in [1.82, 2.24) is 4.90 Å². The summed E-state index contributed by atoms with van der Waals surface area (Å²) in [5.74, 6) is 0.682. The molecule has 0 spiro atoms. The molecule has 98 valence electrons. The zero-order valence-electron chi connectivity index (χ0n) is 10.1. The van der Waals surface area contributed by atoms with Gasteiger partial charge in [-0.3, -0.25) is 10.1 Å². The van der Waals surface area contributed by atoms with Crippen LogP contribution >= 0.6 is 15.9 Å². The quantitative estimate of drug-likeness (QED) is 0.636. The largest absolute Gasteiger partial charge is 0.490 e. The molecule has 0 unspecified atom stereocenters. The maximum absolute atomic E-state index is 10.7. The van der Waals surface area contributed by atoms with E-state index >= 15 is 0 Å². The van der Waals surface area contributed by atoms with Gasteiger partial charge in [-0.1, -0.05) is 0 Å². The predicted molar refractivity (Wildman–Crippen MR) is 71.9 cm³/mol. The Labute approximate surface area is 114 Å². The minimum absolute atomic E-state index is 0.0609. The molecule has 0 radical (unpaired) electrons. The molecule has 6 heteroatoms. The van der Waals surface area contributed by atoms with Crippen molar-refractivity contribution in [3.8, 4) is 5.75 Å². The highest BCUT2D eigenvalue weighted by Crippen LogP contribution is 2.30. The van der Waals surface area contributed by atoms with Crippen molar-refractivity contribution in [2.24, 2.45) is 0 Å². The molecule has 0 saturated carbocycles. The van der Waals surface area contributed by atoms with E-state index in [1.807, 2.05) is 0 Å². The van der Waals surface area contributed by atoms with Crippen LogP contribution in [0.1, 0.15) is 12.8 Å². The van der Waals surface area contributed by atoms with Crippen LogP contribution in [0.5, 0.6) is 5.75 Å². The van der Waals surface area contributed by atoms with E-state index in [0.717, 1.165) is 25.9 Å². The van der Waals surface area contributed by atoms with E-state index in [0.29, 0.717) is 10.2 Å². The van der Waals surface area contributed by atoms with Gasteiger partial charge in [0.2, 0.25) is 0 Å². The number of piperidine rings is 1. The van der Waals surface area contributed by atoms with E-state index in [1.54, 1.807) is 12.1 Å². The predicted octanol–water partition coefficient (Wildman–Crippen LogP) is 2.83. The number of benzene rings is 1. The van der Waals surface area contributed by atoms with Crippen molar-refractivity contribution in [3.63, 3.8) is 0 Å². The van der Waals surface area contributed by atoms with Crippen LogP contribution < -0.4 is 4.74 Å². The maximum atomic E-state index is 10.7. The average molecular weight is 315 g/mol. The van der Waals surface area contributed by atoms with Gasteiger partial charge in [-0.2, -0.15) is 0 Å². The summed E-state index contributed by atoms with van der Waals surface area (Å²) in [6, 6.07) is 4.78. The molecule has 0 amide bonds. The van der Waals surface area contributed by atoms with Gasteiger partial charge in [0, 0.05) is 25.2 Å². The normalized spacial score (nSPS) is 17.7. The number of ether oxygens (including phenoxy) is 1. The molecule has 0 N–H and O–H groups in total. The van der Waals surface area contributed by atoms with Crippen molar-refractivity contribution in [2.75, 3.05) is 20.1 Å². The lowest BCUT2D eigenvalue weighted by molar-refractivity contribution is -0.385. The van der Waals surface area contributed by atoms with Crippen molar-refractivity contribution in [1.29, 1.82) is 0 Å². The van der Waals surface area contributed by atoms with E-state index in [2.05, 4.69) is 27.9 Å². The fraction of sp³-hybridized carbons (Fsp3) is 0.500. The zero-order chi connectivity index (χ0) is 13.1. The molecule has 0 aliphatic carbocycles. The molecule has 0 aromatic heterocycles. The van der Waals surface area contributed by atoms with E-state index in [1.165, 1.54) is 6.07 Å². The first-order chi connectivity index (χ1) is 8.56. The highest BCUT2D eigenvalue weighted by molar-refractivity contribution is 9.10. The molecular formula is C12H15BrN2O3. The molecule has 1 aliphatic heterocycles. The minimum atomic E-state index is -0.413. The first-order valence-electron chi connectivity index (χ1n) is 5.85. The first kappa shape index (κ1) is 13.3. The van der Waals surface area contributed by atoms with E-state index < -0.39 is 4.92 Å². The number of hydrogen-bond acceptors (Lipinski definition) is 4. The molecule has 2 rings (SSSR count). The summed E-state index contributed by atoms with van der Waals surface area (Å²) in [4.78, 5) is 12.5. The third-order valence-corrected chi connectivity index (χ3v) is 3.72. The summed E-state index contributed by atoms with van der Waals surface area (Å²) in [5.41, 5.74) is 0.0609. The number of nitro benzene ring substituents is 1. The Bertz CT molecular complexity index is 445. The van der Waals surface area contributed by atoms with Crippen LogP contribution in [0.25, 0.3) is 0 Å². The molecule has 1 heterocycles. The van der Waals surface area contributed by atoms with Gasteiger partial charge in [-0.15, -0.1) is 0 Å². The number of nitro groups is 1. The third kappa shape index (κ3) is 3.20. The highest BCUT2D eigenvalue weighted by atomic mass is 79.9. The molecule has 18 heavy (non-hydrogen) atoms. The van der Waals surface area contributed by atoms with Gasteiger partial charge >= 0.3 is 0 Å². The fourth-order valence-corrected chi connectivity index (χ4v) is 2.51. The lowest BCUT2D eigenvalue weighted by Crippen LogP contribution is -2.35. The molecular weight excluding hydrogens is 300 g/mol. The summed E-state index contributed by atoms with van der Waals surface area (Å²) >= 11 is 3.19. The first-order valence-corrected chi connectivity index (χ1v) is 6.64. The van der Waals surface area contributed by atoms with Crippen LogP contribution in [0.3, 0.4) is 0 Å². The summed E-state index contributed by atoms with van der Waals surface area (Å²) in [7, 11) is 2.10. The monoisotopic (exact) mass is 314 g/mol. The third-order valence-electron chi connectivity index (χ3n) is 3.08. The highest BCUT2D eigenvalue weighted by Gasteiger charge is 2.19. The summed E-state index contributed by atoms with van der Waals surface area (Å²) in [6.45, 7) is 2.05. The van der Waals surface area contributed by atoms with Crippen LogP contribution in [-0.4, -0.2) is 36.1 Å². The Morgan fingerprint density at radius 2 is 2.11 bits per heavy atom. The standard InChI is InChI=1S/C12H15BrN2O3/c1-14-6-4-9(5-7-14)18-10-2-3-12(15(16)17)11(13)8-10/h2-3,8-9H,4-7H2,1H3. The van der Waals surface area contributed by atoms with Crippen LogP contribution in [0.15, 0.2) is 22.7 Å². The Balaban J connectivity index is 2.02. The number of likely N-dealkylation sites (tertiary alicyclic amines) is 1. The number of nitrogens with zero attached hydrogens (tertiary/aromatic N) is 2. The average Bonchev–Trinajstić information content (AvgIpc) is 2.32. The van der Waals surface area contributed by atoms with Crippen LogP contribution in [0, 0.1) is 10.1 Å². The Kier molecular flexibility index (Phi) is 4.19. The molecule has 0 atom stereocenters. The molecule has 1 fully saturated rings. The van der Waals surface area contributed by atoms with Crippen LogP contribution in [-0.2, 0) is 0 Å². The van der Waals surface area contributed by atoms with E-state index in [9.17, 15) is 10.1 Å². The summed E-state index contributed by atoms with van der Waals surface area (Å²) in [6.07, 6.45) is 2.19. The second-order valence-electron chi connectivity index (χ2n) is 4.49. The molecule has 0 bridgehead atoms. The summed E-state index contributed by atoms with van der Waals surface area (Å²) < 4.78 is 6.30. The fourth-order valence-electron chi connectivity index (χ4n) is 2.00. The van der Waals surface area contributed by atoms with Crippen LogP contribution in [0.2, 0.25) is 0 Å². The lowest BCUT2D eigenvalue weighted by Gasteiger charge is -2.29. The maximum Gasteiger partial charge on any atom is 0.283 e. The van der Waals surface area contributed by atoms with Crippen molar-refractivity contribution in [3.05, 3.63) is 32.8 Å². The number of halogens is 1. The molecule has 1 aromatic rings. The zero-order valence-corrected chi connectivity index (χ0v) is 11.7.